The van der Waals surface area contributed by atoms with E-state index < -0.39 is 35.6 Å². The van der Waals surface area contributed by atoms with Crippen molar-refractivity contribution in [2.75, 3.05) is 19.8 Å². The predicted molar refractivity (Wildman–Crippen MR) is 105 cm³/mol. The number of guanidine groups is 1. The first kappa shape index (κ1) is 25.0. The molecule has 1 fully saturated rings. The van der Waals surface area contributed by atoms with Crippen molar-refractivity contribution in [2.24, 2.45) is 4.99 Å². The Balaban J connectivity index is 2.63. The molecule has 170 valence electrons. The first-order valence-corrected chi connectivity index (χ1v) is 9.37. The first-order valence-electron chi connectivity index (χ1n) is 9.37. The third-order valence-electron chi connectivity index (χ3n) is 3.02. The molecule has 0 spiro atoms. The topological polar surface area (TPSA) is 154 Å². The number of carbonyl (C=O) groups excluding carboxylic acids is 4. The Hall–Kier alpha value is -3.05. The van der Waals surface area contributed by atoms with Gasteiger partial charge >= 0.3 is 18.3 Å². The highest BCUT2D eigenvalue weighted by Crippen LogP contribution is 2.07. The maximum Gasteiger partial charge on any atom is 0.508 e. The molecule has 0 saturated carbocycles. The SMILES string of the molecule is CC(C)(C)OC(=O)NC(=NCCC(=O)NC1COC(=O)OC1)NC(=O)OC(C)(C)C. The van der Waals surface area contributed by atoms with Crippen LogP contribution in [0.5, 0.6) is 0 Å². The molecule has 0 aromatic carbocycles. The summed E-state index contributed by atoms with van der Waals surface area (Å²) in [7, 11) is 0. The minimum atomic E-state index is -0.831. The van der Waals surface area contributed by atoms with E-state index in [1.165, 1.54) is 0 Å². The van der Waals surface area contributed by atoms with Gasteiger partial charge in [0.15, 0.2) is 0 Å². The van der Waals surface area contributed by atoms with Crippen LogP contribution in [-0.2, 0) is 23.7 Å². The molecule has 1 aliphatic rings. The van der Waals surface area contributed by atoms with E-state index in [0.717, 1.165) is 0 Å². The van der Waals surface area contributed by atoms with Crippen LogP contribution in [0.3, 0.4) is 0 Å². The number of carbonyl (C=O) groups is 4. The predicted octanol–water partition coefficient (Wildman–Crippen LogP) is 1.43. The van der Waals surface area contributed by atoms with E-state index in [0.29, 0.717) is 0 Å². The van der Waals surface area contributed by atoms with Crippen LogP contribution in [0.15, 0.2) is 4.99 Å². The third-order valence-corrected chi connectivity index (χ3v) is 3.02. The van der Waals surface area contributed by atoms with Crippen LogP contribution in [0.4, 0.5) is 14.4 Å². The summed E-state index contributed by atoms with van der Waals surface area (Å²) < 4.78 is 19.6. The van der Waals surface area contributed by atoms with Gasteiger partial charge in [0.2, 0.25) is 11.9 Å². The Morgan fingerprint density at radius 3 is 1.87 bits per heavy atom. The molecule has 0 bridgehead atoms. The van der Waals surface area contributed by atoms with Crippen molar-refractivity contribution in [1.82, 2.24) is 16.0 Å². The summed E-state index contributed by atoms with van der Waals surface area (Å²) in [4.78, 5) is 50.8. The molecular formula is C18H30N4O8. The van der Waals surface area contributed by atoms with Crippen molar-refractivity contribution in [2.45, 2.75) is 65.2 Å². The summed E-state index contributed by atoms with van der Waals surface area (Å²) in [5, 5.41) is 7.26. The lowest BCUT2D eigenvalue weighted by Crippen LogP contribution is -2.47. The number of nitrogens with one attached hydrogen (secondary N) is 3. The van der Waals surface area contributed by atoms with E-state index in [1.807, 2.05) is 0 Å². The molecule has 0 atom stereocenters. The van der Waals surface area contributed by atoms with Gasteiger partial charge in [-0.3, -0.25) is 20.4 Å². The maximum absolute atomic E-state index is 12.0. The van der Waals surface area contributed by atoms with Crippen molar-refractivity contribution in [3.63, 3.8) is 0 Å². The number of alkyl carbamates (subject to hydrolysis) is 2. The molecule has 0 unspecified atom stereocenters. The van der Waals surface area contributed by atoms with Crippen molar-refractivity contribution < 1.29 is 38.1 Å². The van der Waals surface area contributed by atoms with E-state index in [9.17, 15) is 19.2 Å². The molecule has 12 heteroatoms. The van der Waals surface area contributed by atoms with Crippen LogP contribution in [0, 0.1) is 0 Å². The van der Waals surface area contributed by atoms with Crippen molar-refractivity contribution in [3.05, 3.63) is 0 Å². The minimum Gasteiger partial charge on any atom is -0.444 e. The van der Waals surface area contributed by atoms with Gasteiger partial charge in [0.1, 0.15) is 24.4 Å². The molecular weight excluding hydrogens is 400 g/mol. The Morgan fingerprint density at radius 1 is 0.967 bits per heavy atom. The molecule has 3 N–H and O–H groups in total. The lowest BCUT2D eigenvalue weighted by Gasteiger charge is -2.22. The normalized spacial score (nSPS) is 14.5. The molecule has 0 aliphatic carbocycles. The smallest absolute Gasteiger partial charge is 0.444 e. The zero-order valence-electron chi connectivity index (χ0n) is 18.1. The van der Waals surface area contributed by atoms with Gasteiger partial charge in [-0.15, -0.1) is 0 Å². The van der Waals surface area contributed by atoms with Crippen LogP contribution in [-0.4, -0.2) is 67.2 Å². The highest BCUT2D eigenvalue weighted by molar-refractivity contribution is 6.01. The Kier molecular flexibility index (Phi) is 8.87. The maximum atomic E-state index is 12.0. The summed E-state index contributed by atoms with van der Waals surface area (Å²) in [6.07, 6.45) is -2.50. The molecule has 0 aromatic rings. The fourth-order valence-corrected chi connectivity index (χ4v) is 1.99. The summed E-state index contributed by atoms with van der Waals surface area (Å²) in [6, 6.07) is -0.460. The van der Waals surface area contributed by atoms with Crippen LogP contribution in [0.2, 0.25) is 0 Å². The highest BCUT2D eigenvalue weighted by atomic mass is 16.7. The van der Waals surface area contributed by atoms with Crippen molar-refractivity contribution in [1.29, 1.82) is 0 Å². The van der Waals surface area contributed by atoms with E-state index in [4.69, 9.17) is 9.47 Å². The Bertz CT molecular complexity index is 637. The summed E-state index contributed by atoms with van der Waals surface area (Å²) >= 11 is 0. The third kappa shape index (κ3) is 11.7. The van der Waals surface area contributed by atoms with Gasteiger partial charge < -0.3 is 24.3 Å². The second kappa shape index (κ2) is 10.6. The molecule has 30 heavy (non-hydrogen) atoms. The van der Waals surface area contributed by atoms with Crippen LogP contribution < -0.4 is 16.0 Å². The van der Waals surface area contributed by atoms with Gasteiger partial charge in [-0.25, -0.2) is 14.4 Å². The number of hydrogen-bond donors (Lipinski definition) is 3. The highest BCUT2D eigenvalue weighted by Gasteiger charge is 2.23. The Labute approximate surface area is 175 Å². The molecule has 0 aromatic heterocycles. The second-order valence-electron chi connectivity index (χ2n) is 8.37. The molecule has 1 saturated heterocycles. The van der Waals surface area contributed by atoms with E-state index in [-0.39, 0.29) is 38.0 Å². The summed E-state index contributed by atoms with van der Waals surface area (Å²) in [5.74, 6) is -0.597. The van der Waals surface area contributed by atoms with E-state index in [1.54, 1.807) is 41.5 Å². The first-order chi connectivity index (χ1) is 13.7. The monoisotopic (exact) mass is 430 g/mol. The fourth-order valence-electron chi connectivity index (χ4n) is 1.99. The molecule has 3 amide bonds. The Morgan fingerprint density at radius 2 is 1.43 bits per heavy atom. The molecule has 1 heterocycles. The van der Waals surface area contributed by atoms with Crippen molar-refractivity contribution in [3.8, 4) is 0 Å². The van der Waals surface area contributed by atoms with Gasteiger partial charge in [-0.2, -0.15) is 0 Å². The fraction of sp³-hybridized carbons (Fsp3) is 0.722. The second-order valence-corrected chi connectivity index (χ2v) is 8.37. The van der Waals surface area contributed by atoms with Gasteiger partial charge in [-0.05, 0) is 41.5 Å². The molecule has 12 nitrogen and oxygen atoms in total. The van der Waals surface area contributed by atoms with Gasteiger partial charge in [0.25, 0.3) is 0 Å². The van der Waals surface area contributed by atoms with E-state index >= 15 is 0 Å². The minimum absolute atomic E-state index is 0.0134. The number of aliphatic imine (C=N–C) groups is 1. The molecule has 0 radical (unpaired) electrons. The average molecular weight is 430 g/mol. The van der Waals surface area contributed by atoms with Crippen LogP contribution in [0.1, 0.15) is 48.0 Å². The van der Waals surface area contributed by atoms with Crippen LogP contribution in [0.25, 0.3) is 0 Å². The zero-order chi connectivity index (χ0) is 22.9. The van der Waals surface area contributed by atoms with Gasteiger partial charge in [0, 0.05) is 6.42 Å². The van der Waals surface area contributed by atoms with Crippen LogP contribution >= 0.6 is 0 Å². The average Bonchev–Trinajstić information content (AvgIpc) is 2.53. The molecule has 1 rings (SSSR count). The largest absolute Gasteiger partial charge is 0.508 e. The number of ether oxygens (including phenoxy) is 4. The quantitative estimate of drug-likeness (QED) is 0.262. The number of amides is 3. The lowest BCUT2D eigenvalue weighted by molar-refractivity contribution is -0.123. The lowest BCUT2D eigenvalue weighted by atomic mass is 10.2. The summed E-state index contributed by atoms with van der Waals surface area (Å²) in [6.45, 7) is 10.1. The van der Waals surface area contributed by atoms with Gasteiger partial charge in [0.05, 0.1) is 12.6 Å². The number of hydrogen-bond acceptors (Lipinski definition) is 9. The zero-order valence-corrected chi connectivity index (χ0v) is 18.1. The summed E-state index contributed by atoms with van der Waals surface area (Å²) in [5.41, 5.74) is -1.51. The van der Waals surface area contributed by atoms with Crippen molar-refractivity contribution >= 4 is 30.2 Å². The number of nitrogens with zero attached hydrogens (tertiary/aromatic N) is 1. The molecule has 1 aliphatic heterocycles. The standard InChI is InChI=1S/C18H30N4O8/c1-17(2,3)29-14(24)21-13(22-15(25)30-18(4,5)6)19-8-7-12(23)20-11-9-27-16(26)28-10-11/h11H,7-10H2,1-6H3,(H,20,23)(H2,19,21,22,24,25). The van der Waals surface area contributed by atoms with E-state index in [2.05, 4.69) is 30.4 Å². The van der Waals surface area contributed by atoms with Gasteiger partial charge in [-0.1, -0.05) is 0 Å². The number of cyclic esters (lactones) is 2. The number of rotatable bonds is 4.